The smallest absolute Gasteiger partial charge is 0.193 e. The molecule has 0 saturated heterocycles. The fourth-order valence-electron chi connectivity index (χ4n) is 1.85. The van der Waals surface area contributed by atoms with Gasteiger partial charge in [-0.25, -0.2) is 4.98 Å². The van der Waals surface area contributed by atoms with Gasteiger partial charge in [0.05, 0.1) is 10.7 Å². The van der Waals surface area contributed by atoms with Gasteiger partial charge in [-0.2, -0.15) is 0 Å². The Balaban J connectivity index is 1.73. The minimum Gasteiger partial charge on any atom is -0.487 e. The molecule has 2 heterocycles. The number of rotatable bonds is 4. The second kappa shape index (κ2) is 5.63. The number of nitrogens with zero attached hydrogens (tertiary/aromatic N) is 3. The molecule has 3 N–H and O–H groups in total. The number of benzene rings is 1. The SMILES string of the molecule is N/C(=N/O)c1ccc(OCc2cn3ccsc3n2)cc1Cl. The van der Waals surface area contributed by atoms with Crippen molar-refractivity contribution in [1.29, 1.82) is 0 Å². The number of hydrogen-bond donors (Lipinski definition) is 2. The number of fused-ring (bicyclic) bond motifs is 1. The van der Waals surface area contributed by atoms with Gasteiger partial charge in [-0.1, -0.05) is 16.8 Å². The molecule has 0 saturated carbocycles. The van der Waals surface area contributed by atoms with E-state index in [0.29, 0.717) is 22.9 Å². The largest absolute Gasteiger partial charge is 0.487 e. The fourth-order valence-corrected chi connectivity index (χ4v) is 2.84. The van der Waals surface area contributed by atoms with Crippen LogP contribution in [0, 0.1) is 0 Å². The summed E-state index contributed by atoms with van der Waals surface area (Å²) in [6.07, 6.45) is 3.86. The monoisotopic (exact) mass is 322 g/mol. The molecule has 0 aliphatic heterocycles. The van der Waals surface area contributed by atoms with Gasteiger partial charge < -0.3 is 15.7 Å². The molecule has 0 fully saturated rings. The van der Waals surface area contributed by atoms with Crippen molar-refractivity contribution in [2.75, 3.05) is 0 Å². The van der Waals surface area contributed by atoms with Crippen LogP contribution in [0.1, 0.15) is 11.3 Å². The van der Waals surface area contributed by atoms with Crippen LogP contribution in [-0.4, -0.2) is 20.4 Å². The predicted octanol–water partition coefficient (Wildman–Crippen LogP) is 2.72. The highest BCUT2D eigenvalue weighted by molar-refractivity contribution is 7.15. The lowest BCUT2D eigenvalue weighted by atomic mass is 10.2. The quantitative estimate of drug-likeness (QED) is 0.335. The summed E-state index contributed by atoms with van der Waals surface area (Å²) in [5, 5.41) is 13.9. The van der Waals surface area contributed by atoms with E-state index in [1.54, 1.807) is 29.5 Å². The predicted molar refractivity (Wildman–Crippen MR) is 81.4 cm³/mol. The summed E-state index contributed by atoms with van der Waals surface area (Å²) in [5.74, 6) is 0.548. The number of aromatic nitrogens is 2. The maximum atomic E-state index is 8.65. The summed E-state index contributed by atoms with van der Waals surface area (Å²) in [5.41, 5.74) is 6.79. The molecule has 3 rings (SSSR count). The number of hydrogen-bond acceptors (Lipinski definition) is 5. The molecule has 21 heavy (non-hydrogen) atoms. The van der Waals surface area contributed by atoms with E-state index in [1.165, 1.54) is 0 Å². The zero-order valence-electron chi connectivity index (χ0n) is 10.7. The summed E-state index contributed by atoms with van der Waals surface area (Å²) >= 11 is 7.63. The minimum absolute atomic E-state index is 0.0408. The van der Waals surface area contributed by atoms with Gasteiger partial charge in [0, 0.05) is 23.3 Å². The lowest BCUT2D eigenvalue weighted by Crippen LogP contribution is -2.13. The zero-order chi connectivity index (χ0) is 14.8. The van der Waals surface area contributed by atoms with E-state index in [4.69, 9.17) is 27.3 Å². The Bertz CT molecular complexity index is 783. The molecule has 0 aliphatic carbocycles. The summed E-state index contributed by atoms with van der Waals surface area (Å²) in [4.78, 5) is 5.35. The van der Waals surface area contributed by atoms with Gasteiger partial charge in [0.2, 0.25) is 0 Å². The Morgan fingerprint density at radius 1 is 1.52 bits per heavy atom. The van der Waals surface area contributed by atoms with Crippen molar-refractivity contribution in [1.82, 2.24) is 9.38 Å². The first-order valence-corrected chi connectivity index (χ1v) is 7.24. The Morgan fingerprint density at radius 2 is 2.38 bits per heavy atom. The molecule has 1 aromatic carbocycles. The van der Waals surface area contributed by atoms with Crippen molar-refractivity contribution < 1.29 is 9.94 Å². The number of halogens is 1. The minimum atomic E-state index is -0.0408. The first-order chi connectivity index (χ1) is 10.2. The number of nitrogens with two attached hydrogens (primary N) is 1. The van der Waals surface area contributed by atoms with Crippen LogP contribution in [0.25, 0.3) is 4.96 Å². The van der Waals surface area contributed by atoms with E-state index in [0.717, 1.165) is 10.7 Å². The molecule has 0 amide bonds. The Labute approximate surface area is 129 Å². The maximum absolute atomic E-state index is 8.65. The van der Waals surface area contributed by atoms with Crippen molar-refractivity contribution >= 4 is 33.7 Å². The topological polar surface area (TPSA) is 85.1 Å². The lowest BCUT2D eigenvalue weighted by molar-refractivity contribution is 0.302. The van der Waals surface area contributed by atoms with E-state index in [9.17, 15) is 0 Å². The molecule has 0 atom stereocenters. The third-order valence-corrected chi connectivity index (χ3v) is 3.94. The van der Waals surface area contributed by atoms with Gasteiger partial charge >= 0.3 is 0 Å². The number of oxime groups is 1. The average Bonchev–Trinajstić information content (AvgIpc) is 3.05. The Kier molecular flexibility index (Phi) is 3.68. The average molecular weight is 323 g/mol. The van der Waals surface area contributed by atoms with Gasteiger partial charge in [-0.15, -0.1) is 11.3 Å². The van der Waals surface area contributed by atoms with Gasteiger partial charge in [-0.3, -0.25) is 4.40 Å². The summed E-state index contributed by atoms with van der Waals surface area (Å²) in [6.45, 7) is 0.341. The number of imidazole rings is 1. The molecule has 0 aliphatic rings. The van der Waals surface area contributed by atoms with Gasteiger partial charge in [0.15, 0.2) is 10.8 Å². The Morgan fingerprint density at radius 3 is 3.10 bits per heavy atom. The molecular weight excluding hydrogens is 312 g/mol. The van der Waals surface area contributed by atoms with Crippen LogP contribution in [0.5, 0.6) is 5.75 Å². The molecule has 6 nitrogen and oxygen atoms in total. The second-order valence-corrected chi connectivity index (χ2v) is 5.52. The highest BCUT2D eigenvalue weighted by Crippen LogP contribution is 2.23. The van der Waals surface area contributed by atoms with Crippen molar-refractivity contribution in [3.8, 4) is 5.75 Å². The molecule has 2 aromatic heterocycles. The summed E-state index contributed by atoms with van der Waals surface area (Å²) in [6, 6.07) is 4.96. The molecule has 8 heteroatoms. The summed E-state index contributed by atoms with van der Waals surface area (Å²) < 4.78 is 7.58. The molecule has 0 unspecified atom stereocenters. The first kappa shape index (κ1) is 13.7. The standard InChI is InChI=1S/C13H11ClN4O2S/c14-11-5-9(1-2-10(11)12(15)17-19)20-7-8-6-18-3-4-21-13(18)16-8/h1-6,19H,7H2,(H2,15,17). The number of amidine groups is 1. The molecule has 0 bridgehead atoms. The third kappa shape index (κ3) is 2.79. The van der Waals surface area contributed by atoms with Crippen LogP contribution in [0.15, 0.2) is 41.1 Å². The first-order valence-electron chi connectivity index (χ1n) is 5.98. The van der Waals surface area contributed by atoms with Gasteiger partial charge in [-0.05, 0) is 18.2 Å². The van der Waals surface area contributed by atoms with E-state index in [1.807, 2.05) is 22.2 Å². The molecule has 3 aromatic rings. The third-order valence-electron chi connectivity index (χ3n) is 2.85. The van der Waals surface area contributed by atoms with Crippen LogP contribution >= 0.6 is 22.9 Å². The van der Waals surface area contributed by atoms with E-state index in [-0.39, 0.29) is 5.84 Å². The normalized spacial score (nSPS) is 12.0. The fraction of sp³-hybridized carbons (Fsp3) is 0.0769. The molecule has 0 spiro atoms. The van der Waals surface area contributed by atoms with E-state index < -0.39 is 0 Å². The van der Waals surface area contributed by atoms with E-state index >= 15 is 0 Å². The second-order valence-electron chi connectivity index (χ2n) is 4.24. The van der Waals surface area contributed by atoms with Gasteiger partial charge in [0.25, 0.3) is 0 Å². The molecule has 108 valence electrons. The highest BCUT2D eigenvalue weighted by atomic mass is 35.5. The van der Waals surface area contributed by atoms with Crippen LogP contribution < -0.4 is 10.5 Å². The molecule has 0 radical (unpaired) electrons. The summed E-state index contributed by atoms with van der Waals surface area (Å²) in [7, 11) is 0. The van der Waals surface area contributed by atoms with Crippen molar-refractivity contribution in [3.05, 3.63) is 52.3 Å². The van der Waals surface area contributed by atoms with Crippen LogP contribution in [0.2, 0.25) is 5.02 Å². The van der Waals surface area contributed by atoms with Crippen molar-refractivity contribution in [3.63, 3.8) is 0 Å². The zero-order valence-corrected chi connectivity index (χ0v) is 12.3. The lowest BCUT2D eigenvalue weighted by Gasteiger charge is -2.07. The van der Waals surface area contributed by atoms with E-state index in [2.05, 4.69) is 10.1 Å². The van der Waals surface area contributed by atoms with Crippen LogP contribution in [0.3, 0.4) is 0 Å². The highest BCUT2D eigenvalue weighted by Gasteiger charge is 2.08. The van der Waals surface area contributed by atoms with Crippen molar-refractivity contribution in [2.24, 2.45) is 10.9 Å². The Hall–Kier alpha value is -2.25. The van der Waals surface area contributed by atoms with Crippen LogP contribution in [0.4, 0.5) is 0 Å². The van der Waals surface area contributed by atoms with Crippen molar-refractivity contribution in [2.45, 2.75) is 6.61 Å². The maximum Gasteiger partial charge on any atom is 0.193 e. The number of thiazole rings is 1. The number of ether oxygens (including phenoxy) is 1. The molecular formula is C13H11ClN4O2S. The van der Waals surface area contributed by atoms with Gasteiger partial charge in [0.1, 0.15) is 12.4 Å². The van der Waals surface area contributed by atoms with Crippen LogP contribution in [-0.2, 0) is 6.61 Å².